The topological polar surface area (TPSA) is 20.2 Å². The van der Waals surface area contributed by atoms with Crippen molar-refractivity contribution < 1.29 is 5.11 Å². The SMILES string of the molecule is C#CC(O)c1ccc(Br)cc1Cl. The molecule has 1 N–H and O–H groups in total. The first kappa shape index (κ1) is 9.60. The van der Waals surface area contributed by atoms with Gasteiger partial charge < -0.3 is 5.11 Å². The van der Waals surface area contributed by atoms with E-state index in [0.29, 0.717) is 10.6 Å². The number of aliphatic hydroxyl groups is 1. The number of hydrogen-bond acceptors (Lipinski definition) is 1. The third kappa shape index (κ3) is 2.01. The maximum absolute atomic E-state index is 9.27. The Morgan fingerprint density at radius 1 is 1.58 bits per heavy atom. The van der Waals surface area contributed by atoms with Crippen LogP contribution in [0.4, 0.5) is 0 Å². The van der Waals surface area contributed by atoms with Crippen molar-refractivity contribution >= 4 is 27.5 Å². The minimum Gasteiger partial charge on any atom is -0.376 e. The normalized spacial score (nSPS) is 12.2. The van der Waals surface area contributed by atoms with Crippen LogP contribution in [0, 0.1) is 12.3 Å². The van der Waals surface area contributed by atoms with E-state index in [1.807, 2.05) is 0 Å². The molecule has 0 aliphatic rings. The van der Waals surface area contributed by atoms with E-state index in [1.54, 1.807) is 18.2 Å². The van der Waals surface area contributed by atoms with E-state index in [0.717, 1.165) is 4.47 Å². The van der Waals surface area contributed by atoms with Gasteiger partial charge in [-0.1, -0.05) is 39.5 Å². The Hall–Kier alpha value is -0.490. The molecular formula is C9H6BrClO. The van der Waals surface area contributed by atoms with Crippen molar-refractivity contribution in [3.63, 3.8) is 0 Å². The van der Waals surface area contributed by atoms with E-state index in [1.165, 1.54) is 0 Å². The van der Waals surface area contributed by atoms with Crippen LogP contribution in [-0.4, -0.2) is 5.11 Å². The zero-order valence-corrected chi connectivity index (χ0v) is 8.43. The lowest BCUT2D eigenvalue weighted by atomic mass is 10.1. The maximum Gasteiger partial charge on any atom is 0.141 e. The standard InChI is InChI=1S/C9H6BrClO/c1-2-9(12)7-4-3-6(10)5-8(7)11/h1,3-5,9,12H. The van der Waals surface area contributed by atoms with Crippen molar-refractivity contribution in [1.29, 1.82) is 0 Å². The van der Waals surface area contributed by atoms with Crippen LogP contribution in [-0.2, 0) is 0 Å². The van der Waals surface area contributed by atoms with E-state index < -0.39 is 6.10 Å². The fourth-order valence-electron chi connectivity index (χ4n) is 0.813. The predicted molar refractivity (Wildman–Crippen MR) is 52.9 cm³/mol. The van der Waals surface area contributed by atoms with Crippen LogP contribution in [0.3, 0.4) is 0 Å². The molecule has 0 aliphatic carbocycles. The maximum atomic E-state index is 9.27. The van der Waals surface area contributed by atoms with Gasteiger partial charge in [0, 0.05) is 15.1 Å². The summed E-state index contributed by atoms with van der Waals surface area (Å²) in [7, 11) is 0. The highest BCUT2D eigenvalue weighted by Gasteiger charge is 2.07. The molecule has 0 bridgehead atoms. The lowest BCUT2D eigenvalue weighted by Crippen LogP contribution is -1.93. The van der Waals surface area contributed by atoms with Gasteiger partial charge >= 0.3 is 0 Å². The summed E-state index contributed by atoms with van der Waals surface area (Å²) in [4.78, 5) is 0. The van der Waals surface area contributed by atoms with E-state index in [-0.39, 0.29) is 0 Å². The van der Waals surface area contributed by atoms with Gasteiger partial charge in [0.05, 0.1) is 0 Å². The van der Waals surface area contributed by atoms with E-state index in [4.69, 9.17) is 18.0 Å². The Balaban J connectivity index is 3.11. The summed E-state index contributed by atoms with van der Waals surface area (Å²) in [6.45, 7) is 0. The van der Waals surface area contributed by atoms with Crippen LogP contribution < -0.4 is 0 Å². The number of hydrogen-bond donors (Lipinski definition) is 1. The first-order chi connectivity index (χ1) is 5.65. The Morgan fingerprint density at radius 2 is 2.25 bits per heavy atom. The molecule has 1 atom stereocenters. The van der Waals surface area contributed by atoms with Crippen molar-refractivity contribution in [3.8, 4) is 12.3 Å². The second kappa shape index (κ2) is 3.95. The van der Waals surface area contributed by atoms with Gasteiger partial charge in [-0.25, -0.2) is 0 Å². The van der Waals surface area contributed by atoms with Crippen molar-refractivity contribution in [2.45, 2.75) is 6.10 Å². The van der Waals surface area contributed by atoms with Crippen molar-refractivity contribution in [2.24, 2.45) is 0 Å². The Kier molecular flexibility index (Phi) is 3.16. The largest absolute Gasteiger partial charge is 0.376 e. The van der Waals surface area contributed by atoms with Gasteiger partial charge in [0.15, 0.2) is 0 Å². The monoisotopic (exact) mass is 244 g/mol. The second-order valence-corrected chi connectivity index (χ2v) is 3.56. The number of terminal acetylenes is 1. The molecule has 0 radical (unpaired) electrons. The molecule has 1 aromatic rings. The molecule has 0 fully saturated rings. The molecule has 0 aromatic heterocycles. The smallest absolute Gasteiger partial charge is 0.141 e. The average molecular weight is 246 g/mol. The molecule has 12 heavy (non-hydrogen) atoms. The summed E-state index contributed by atoms with van der Waals surface area (Å²) >= 11 is 9.07. The summed E-state index contributed by atoms with van der Waals surface area (Å²) in [6.07, 6.45) is 4.12. The quantitative estimate of drug-likeness (QED) is 0.754. The third-order valence-corrected chi connectivity index (χ3v) is 2.24. The molecule has 0 amide bonds. The minimum absolute atomic E-state index is 0.467. The molecule has 1 unspecified atom stereocenters. The van der Waals surface area contributed by atoms with Crippen LogP contribution in [0.15, 0.2) is 22.7 Å². The van der Waals surface area contributed by atoms with Gasteiger partial charge in [-0.3, -0.25) is 0 Å². The summed E-state index contributed by atoms with van der Waals surface area (Å²) in [6, 6.07) is 5.16. The number of halogens is 2. The molecule has 3 heteroatoms. The zero-order chi connectivity index (χ0) is 9.14. The van der Waals surface area contributed by atoms with E-state index in [2.05, 4.69) is 21.9 Å². The second-order valence-electron chi connectivity index (χ2n) is 2.24. The molecule has 62 valence electrons. The summed E-state index contributed by atoms with van der Waals surface area (Å²) in [5.74, 6) is 2.20. The lowest BCUT2D eigenvalue weighted by molar-refractivity contribution is 0.238. The van der Waals surface area contributed by atoms with Crippen molar-refractivity contribution in [1.82, 2.24) is 0 Å². The highest BCUT2D eigenvalue weighted by atomic mass is 79.9. The Bertz CT molecular complexity index is 330. The highest BCUT2D eigenvalue weighted by molar-refractivity contribution is 9.10. The predicted octanol–water partition coefficient (Wildman–Crippen LogP) is 2.77. The van der Waals surface area contributed by atoms with Gasteiger partial charge in [-0.2, -0.15) is 0 Å². The molecule has 1 nitrogen and oxygen atoms in total. The molecular weight excluding hydrogens is 239 g/mol. The number of aliphatic hydroxyl groups excluding tert-OH is 1. The zero-order valence-electron chi connectivity index (χ0n) is 6.09. The van der Waals surface area contributed by atoms with Crippen molar-refractivity contribution in [3.05, 3.63) is 33.3 Å². The van der Waals surface area contributed by atoms with Crippen LogP contribution >= 0.6 is 27.5 Å². The van der Waals surface area contributed by atoms with Gasteiger partial charge in [0.2, 0.25) is 0 Å². The summed E-state index contributed by atoms with van der Waals surface area (Å²) in [5.41, 5.74) is 0.558. The molecule has 1 rings (SSSR count). The van der Waals surface area contributed by atoms with Gasteiger partial charge in [0.1, 0.15) is 6.10 Å². The van der Waals surface area contributed by atoms with E-state index >= 15 is 0 Å². The molecule has 0 aliphatic heterocycles. The number of rotatable bonds is 1. The Morgan fingerprint density at radius 3 is 2.75 bits per heavy atom. The first-order valence-electron chi connectivity index (χ1n) is 3.24. The fraction of sp³-hybridized carbons (Fsp3) is 0.111. The highest BCUT2D eigenvalue weighted by Crippen LogP contribution is 2.25. The summed E-state index contributed by atoms with van der Waals surface area (Å²) < 4.78 is 0.862. The molecule has 1 aromatic carbocycles. The lowest BCUT2D eigenvalue weighted by Gasteiger charge is -2.05. The van der Waals surface area contributed by atoms with Gasteiger partial charge in [-0.05, 0) is 12.1 Å². The van der Waals surface area contributed by atoms with Crippen LogP contribution in [0.25, 0.3) is 0 Å². The molecule has 0 saturated carbocycles. The van der Waals surface area contributed by atoms with Crippen LogP contribution in [0.2, 0.25) is 5.02 Å². The summed E-state index contributed by atoms with van der Waals surface area (Å²) in [5, 5.41) is 9.73. The molecule has 0 heterocycles. The average Bonchev–Trinajstić information content (AvgIpc) is 2.03. The number of benzene rings is 1. The van der Waals surface area contributed by atoms with Gasteiger partial charge in [0.25, 0.3) is 0 Å². The molecule has 0 spiro atoms. The van der Waals surface area contributed by atoms with E-state index in [9.17, 15) is 5.11 Å². The minimum atomic E-state index is -0.925. The third-order valence-electron chi connectivity index (χ3n) is 1.41. The molecule has 0 saturated heterocycles. The first-order valence-corrected chi connectivity index (χ1v) is 4.41. The Labute approximate surface area is 84.5 Å². The van der Waals surface area contributed by atoms with Crippen molar-refractivity contribution in [2.75, 3.05) is 0 Å². The van der Waals surface area contributed by atoms with Crippen LogP contribution in [0.5, 0.6) is 0 Å². The van der Waals surface area contributed by atoms with Crippen LogP contribution in [0.1, 0.15) is 11.7 Å². The van der Waals surface area contributed by atoms with Gasteiger partial charge in [-0.15, -0.1) is 6.42 Å². The fourth-order valence-corrected chi connectivity index (χ4v) is 1.59.